The summed E-state index contributed by atoms with van der Waals surface area (Å²) in [5, 5.41) is 2.78. The standard InChI is InChI=1S/C13H21N3O2/c1-5-6-13(3,14)12(18)15-10-8-16(4)11(17)7-9(10)2/h7-8H,5-6,14H2,1-4H3,(H,15,18). The number of pyridine rings is 1. The van der Waals surface area contributed by atoms with E-state index in [1.54, 1.807) is 27.1 Å². The minimum Gasteiger partial charge on any atom is -0.323 e. The number of rotatable bonds is 4. The Morgan fingerprint density at radius 3 is 2.72 bits per heavy atom. The lowest BCUT2D eigenvalue weighted by molar-refractivity contribution is -0.120. The van der Waals surface area contributed by atoms with Gasteiger partial charge in [-0.15, -0.1) is 0 Å². The summed E-state index contributed by atoms with van der Waals surface area (Å²) < 4.78 is 1.43. The lowest BCUT2D eigenvalue weighted by atomic mass is 9.96. The second-order valence-corrected chi connectivity index (χ2v) is 4.94. The first-order valence-corrected chi connectivity index (χ1v) is 6.05. The fourth-order valence-electron chi connectivity index (χ4n) is 1.75. The van der Waals surface area contributed by atoms with Crippen LogP contribution in [0.5, 0.6) is 0 Å². The van der Waals surface area contributed by atoms with Crippen LogP contribution in [0.4, 0.5) is 5.69 Å². The fourth-order valence-corrected chi connectivity index (χ4v) is 1.75. The molecule has 1 aromatic heterocycles. The molecule has 0 bridgehead atoms. The highest BCUT2D eigenvalue weighted by atomic mass is 16.2. The predicted molar refractivity (Wildman–Crippen MR) is 72.6 cm³/mol. The minimum atomic E-state index is -0.893. The van der Waals surface area contributed by atoms with Gasteiger partial charge in [-0.1, -0.05) is 13.3 Å². The summed E-state index contributed by atoms with van der Waals surface area (Å²) in [6.45, 7) is 5.48. The third-order valence-corrected chi connectivity index (χ3v) is 2.97. The van der Waals surface area contributed by atoms with E-state index in [2.05, 4.69) is 5.32 Å². The number of nitrogens with one attached hydrogen (secondary N) is 1. The average molecular weight is 251 g/mol. The quantitative estimate of drug-likeness (QED) is 0.842. The van der Waals surface area contributed by atoms with Gasteiger partial charge >= 0.3 is 0 Å². The molecule has 0 aromatic carbocycles. The van der Waals surface area contributed by atoms with Gasteiger partial charge in [0.2, 0.25) is 5.91 Å². The van der Waals surface area contributed by atoms with E-state index >= 15 is 0 Å². The van der Waals surface area contributed by atoms with Gasteiger partial charge in [0, 0.05) is 19.3 Å². The van der Waals surface area contributed by atoms with Gasteiger partial charge in [0.25, 0.3) is 5.56 Å². The molecule has 18 heavy (non-hydrogen) atoms. The molecule has 1 heterocycles. The Morgan fingerprint density at radius 1 is 1.56 bits per heavy atom. The molecule has 1 aromatic rings. The van der Waals surface area contributed by atoms with Crippen LogP contribution in [-0.4, -0.2) is 16.0 Å². The monoisotopic (exact) mass is 251 g/mol. The molecule has 1 rings (SSSR count). The van der Waals surface area contributed by atoms with E-state index in [0.717, 1.165) is 12.0 Å². The first-order valence-electron chi connectivity index (χ1n) is 6.05. The third kappa shape index (κ3) is 3.20. The van der Waals surface area contributed by atoms with Crippen LogP contribution in [0.3, 0.4) is 0 Å². The lowest BCUT2D eigenvalue weighted by Crippen LogP contribution is -2.48. The maximum absolute atomic E-state index is 12.0. The van der Waals surface area contributed by atoms with Crippen molar-refractivity contribution in [3.63, 3.8) is 0 Å². The number of hydrogen-bond acceptors (Lipinski definition) is 3. The van der Waals surface area contributed by atoms with Crippen molar-refractivity contribution in [1.82, 2.24) is 4.57 Å². The van der Waals surface area contributed by atoms with Crippen LogP contribution in [-0.2, 0) is 11.8 Å². The zero-order chi connectivity index (χ0) is 13.9. The van der Waals surface area contributed by atoms with Gasteiger partial charge in [0.15, 0.2) is 0 Å². The van der Waals surface area contributed by atoms with Crippen molar-refractivity contribution in [3.8, 4) is 0 Å². The number of hydrogen-bond donors (Lipinski definition) is 2. The molecule has 1 amide bonds. The third-order valence-electron chi connectivity index (χ3n) is 2.97. The van der Waals surface area contributed by atoms with Crippen molar-refractivity contribution in [3.05, 3.63) is 28.2 Å². The number of nitrogens with zero attached hydrogens (tertiary/aromatic N) is 1. The van der Waals surface area contributed by atoms with Gasteiger partial charge in [-0.05, 0) is 25.8 Å². The molecular formula is C13H21N3O2. The number of carbonyl (C=O) groups excluding carboxylic acids is 1. The van der Waals surface area contributed by atoms with Crippen molar-refractivity contribution >= 4 is 11.6 Å². The molecule has 1 atom stereocenters. The molecule has 100 valence electrons. The van der Waals surface area contributed by atoms with E-state index in [1.807, 2.05) is 6.92 Å². The first-order chi connectivity index (χ1) is 8.27. The van der Waals surface area contributed by atoms with E-state index in [4.69, 9.17) is 5.73 Å². The Bertz CT molecular complexity index is 503. The number of anilines is 1. The van der Waals surface area contributed by atoms with E-state index in [-0.39, 0.29) is 11.5 Å². The zero-order valence-corrected chi connectivity index (χ0v) is 11.4. The highest BCUT2D eigenvalue weighted by Crippen LogP contribution is 2.15. The Balaban J connectivity index is 2.95. The van der Waals surface area contributed by atoms with E-state index in [0.29, 0.717) is 12.1 Å². The zero-order valence-electron chi connectivity index (χ0n) is 11.4. The summed E-state index contributed by atoms with van der Waals surface area (Å²) in [5.74, 6) is -0.230. The van der Waals surface area contributed by atoms with Gasteiger partial charge in [-0.3, -0.25) is 9.59 Å². The fraction of sp³-hybridized carbons (Fsp3) is 0.538. The summed E-state index contributed by atoms with van der Waals surface area (Å²) in [5.41, 5.74) is 6.32. The number of carbonyl (C=O) groups is 1. The Labute approximate surface area is 107 Å². The molecule has 0 aliphatic carbocycles. The number of nitrogens with two attached hydrogens (primary N) is 1. The SMILES string of the molecule is CCCC(C)(N)C(=O)Nc1cn(C)c(=O)cc1C. The lowest BCUT2D eigenvalue weighted by Gasteiger charge is -2.23. The van der Waals surface area contributed by atoms with Crippen molar-refractivity contribution in [1.29, 1.82) is 0 Å². The van der Waals surface area contributed by atoms with Crippen LogP contribution in [0, 0.1) is 6.92 Å². The maximum atomic E-state index is 12.0. The van der Waals surface area contributed by atoms with Crippen molar-refractivity contribution < 1.29 is 4.79 Å². The molecule has 1 unspecified atom stereocenters. The van der Waals surface area contributed by atoms with Gasteiger partial charge < -0.3 is 15.6 Å². The van der Waals surface area contributed by atoms with E-state index in [9.17, 15) is 9.59 Å². The van der Waals surface area contributed by atoms with Gasteiger partial charge in [0.1, 0.15) is 0 Å². The number of aromatic nitrogens is 1. The molecule has 0 radical (unpaired) electrons. The average Bonchev–Trinajstić information content (AvgIpc) is 2.25. The molecule has 0 fully saturated rings. The van der Waals surface area contributed by atoms with Crippen molar-refractivity contribution in [2.75, 3.05) is 5.32 Å². The highest BCUT2D eigenvalue weighted by Gasteiger charge is 2.27. The van der Waals surface area contributed by atoms with Crippen LogP contribution in [0.15, 0.2) is 17.1 Å². The second kappa shape index (κ2) is 5.35. The van der Waals surface area contributed by atoms with Crippen molar-refractivity contribution in [2.45, 2.75) is 39.2 Å². The van der Waals surface area contributed by atoms with Gasteiger partial charge in [-0.25, -0.2) is 0 Å². The molecule has 0 aliphatic rings. The van der Waals surface area contributed by atoms with Crippen LogP contribution < -0.4 is 16.6 Å². The Hall–Kier alpha value is -1.62. The summed E-state index contributed by atoms with van der Waals surface area (Å²) >= 11 is 0. The number of aryl methyl sites for hydroxylation is 2. The molecule has 5 heteroatoms. The Morgan fingerprint density at radius 2 is 2.17 bits per heavy atom. The summed E-state index contributed by atoms with van der Waals surface area (Å²) in [4.78, 5) is 23.5. The first kappa shape index (κ1) is 14.4. The summed E-state index contributed by atoms with van der Waals surface area (Å²) in [7, 11) is 1.64. The van der Waals surface area contributed by atoms with Crippen LogP contribution in [0.25, 0.3) is 0 Å². The molecular weight excluding hydrogens is 230 g/mol. The molecule has 0 spiro atoms. The smallest absolute Gasteiger partial charge is 0.250 e. The van der Waals surface area contributed by atoms with E-state index in [1.165, 1.54) is 10.6 Å². The van der Waals surface area contributed by atoms with Crippen LogP contribution in [0.1, 0.15) is 32.3 Å². The topological polar surface area (TPSA) is 77.1 Å². The molecule has 3 N–H and O–H groups in total. The van der Waals surface area contributed by atoms with E-state index < -0.39 is 5.54 Å². The molecule has 0 aliphatic heterocycles. The van der Waals surface area contributed by atoms with Crippen LogP contribution in [0.2, 0.25) is 0 Å². The number of amides is 1. The highest BCUT2D eigenvalue weighted by molar-refractivity contribution is 5.98. The van der Waals surface area contributed by atoms with Gasteiger partial charge in [0.05, 0.1) is 11.2 Å². The molecule has 5 nitrogen and oxygen atoms in total. The van der Waals surface area contributed by atoms with Crippen LogP contribution >= 0.6 is 0 Å². The normalized spacial score (nSPS) is 14.1. The van der Waals surface area contributed by atoms with Crippen molar-refractivity contribution in [2.24, 2.45) is 12.8 Å². The maximum Gasteiger partial charge on any atom is 0.250 e. The Kier molecular flexibility index (Phi) is 4.29. The largest absolute Gasteiger partial charge is 0.323 e. The molecule has 0 saturated carbocycles. The summed E-state index contributed by atoms with van der Waals surface area (Å²) in [6.07, 6.45) is 3.06. The minimum absolute atomic E-state index is 0.102. The second-order valence-electron chi connectivity index (χ2n) is 4.94. The predicted octanol–water partition coefficient (Wildman–Crippen LogP) is 1.15. The molecule has 0 saturated heterocycles. The van der Waals surface area contributed by atoms with Gasteiger partial charge in [-0.2, -0.15) is 0 Å². The summed E-state index contributed by atoms with van der Waals surface area (Å²) in [6, 6.07) is 1.49.